The van der Waals surface area contributed by atoms with E-state index in [0.717, 1.165) is 24.5 Å². The number of alkyl halides is 12. The molecule has 4 aromatic carbocycles. The summed E-state index contributed by atoms with van der Waals surface area (Å²) in [6.45, 7) is 6.35. The van der Waals surface area contributed by atoms with Crippen LogP contribution < -0.4 is 18.9 Å². The van der Waals surface area contributed by atoms with E-state index in [1.165, 1.54) is 62.1 Å². The number of aromatic nitrogens is 6. The monoisotopic (exact) mass is 1270 g/mol. The topological polar surface area (TPSA) is 185 Å². The molecule has 2 N–H and O–H groups in total. The number of amides is 2. The number of methoxy groups -OCH3 is 2. The van der Waals surface area contributed by atoms with Gasteiger partial charge in [0.2, 0.25) is 0 Å². The minimum absolute atomic E-state index is 0.0346. The van der Waals surface area contributed by atoms with Crippen LogP contribution in [0.3, 0.4) is 0 Å². The number of piperazine rings is 2. The molecule has 2 aliphatic rings. The predicted octanol–water partition coefficient (Wildman–Crippen LogP) is 11.0. The zero-order valence-electron chi connectivity index (χ0n) is 48.7. The summed E-state index contributed by atoms with van der Waals surface area (Å²) < 4.78 is 182. The lowest BCUT2D eigenvalue weighted by Crippen LogP contribution is -2.55. The molecule has 90 heavy (non-hydrogen) atoms. The highest BCUT2D eigenvalue weighted by atomic mass is 19.4. The number of fused-ring (bicyclic) bond motifs is 2. The van der Waals surface area contributed by atoms with E-state index in [2.05, 4.69) is 29.6 Å². The first-order valence-corrected chi connectivity index (χ1v) is 27.7. The molecule has 0 unspecified atom stereocenters. The Hall–Kier alpha value is -8.74. The molecule has 2 fully saturated rings. The van der Waals surface area contributed by atoms with Gasteiger partial charge in [-0.25, -0.2) is 19.0 Å². The fourth-order valence-corrected chi connectivity index (χ4v) is 11.3. The van der Waals surface area contributed by atoms with Gasteiger partial charge in [-0.05, 0) is 112 Å². The molecule has 4 aromatic heterocycles. The second-order valence-corrected chi connectivity index (χ2v) is 21.2. The van der Waals surface area contributed by atoms with Gasteiger partial charge < -0.3 is 39.0 Å². The molecule has 0 radical (unpaired) electrons. The number of halogens is 12. The zero-order chi connectivity index (χ0) is 65.4. The summed E-state index contributed by atoms with van der Waals surface area (Å²) in [5, 5.41) is 28.1. The highest BCUT2D eigenvalue weighted by molar-refractivity contribution is 6.01. The van der Waals surface area contributed by atoms with Gasteiger partial charge in [-0.1, -0.05) is 24.3 Å². The van der Waals surface area contributed by atoms with Crippen LogP contribution in [0.2, 0.25) is 0 Å². The Bertz CT molecular complexity index is 3630. The lowest BCUT2D eigenvalue weighted by atomic mass is 10.0. The minimum Gasteiger partial charge on any atom is -0.497 e. The van der Waals surface area contributed by atoms with Gasteiger partial charge in [-0.15, -0.1) is 26.3 Å². The molecule has 0 aliphatic carbocycles. The largest absolute Gasteiger partial charge is 0.573 e. The molecule has 0 spiro atoms. The summed E-state index contributed by atoms with van der Waals surface area (Å²) in [7, 11) is 2.93. The second kappa shape index (κ2) is 26.0. The highest BCUT2D eigenvalue weighted by Crippen LogP contribution is 2.40. The van der Waals surface area contributed by atoms with E-state index in [0.29, 0.717) is 42.8 Å². The van der Waals surface area contributed by atoms with E-state index >= 15 is 0 Å². The van der Waals surface area contributed by atoms with E-state index in [1.807, 2.05) is 9.80 Å². The number of nitrogens with zero attached hydrogens (tertiary/aromatic N) is 10. The van der Waals surface area contributed by atoms with Gasteiger partial charge in [-0.2, -0.15) is 36.5 Å². The Balaban J connectivity index is 0.000000213. The van der Waals surface area contributed by atoms with Crippen LogP contribution in [-0.2, 0) is 12.4 Å². The summed E-state index contributed by atoms with van der Waals surface area (Å²) in [6, 6.07) is 20.9. The summed E-state index contributed by atoms with van der Waals surface area (Å²) in [5.41, 5.74) is -1.56. The first-order valence-electron chi connectivity index (χ1n) is 27.7. The predicted molar refractivity (Wildman–Crippen MR) is 299 cm³/mol. The Labute approximate surface area is 505 Å². The molecule has 6 heterocycles. The number of rotatable bonds is 14. The first kappa shape index (κ1) is 65.7. The molecule has 0 saturated carbocycles. The molecule has 4 atom stereocenters. The van der Waals surface area contributed by atoms with E-state index in [4.69, 9.17) is 9.47 Å². The zero-order valence-corrected chi connectivity index (χ0v) is 48.7. The smallest absolute Gasteiger partial charge is 0.497 e. The quantitative estimate of drug-likeness (QED) is 0.0980. The van der Waals surface area contributed by atoms with Crippen LogP contribution in [-0.4, -0.2) is 162 Å². The molecular weight excluding hydrogens is 1220 g/mol. The summed E-state index contributed by atoms with van der Waals surface area (Å²) in [4.78, 5) is 43.2. The van der Waals surface area contributed by atoms with Gasteiger partial charge in [0, 0.05) is 73.6 Å². The van der Waals surface area contributed by atoms with E-state index < -0.39 is 97.2 Å². The van der Waals surface area contributed by atoms with Gasteiger partial charge >= 0.3 is 25.1 Å². The van der Waals surface area contributed by atoms with Crippen molar-refractivity contribution in [2.24, 2.45) is 0 Å². The van der Waals surface area contributed by atoms with Crippen molar-refractivity contribution < 1.29 is 91.4 Å². The summed E-state index contributed by atoms with van der Waals surface area (Å²) in [5.74, 6) is -1.00. The number of carbonyl (C=O) groups is 2. The van der Waals surface area contributed by atoms with Gasteiger partial charge in [-0.3, -0.25) is 19.4 Å². The van der Waals surface area contributed by atoms with Gasteiger partial charge in [0.15, 0.2) is 22.7 Å². The van der Waals surface area contributed by atoms with Crippen molar-refractivity contribution in [1.29, 1.82) is 0 Å². The van der Waals surface area contributed by atoms with Crippen molar-refractivity contribution in [3.05, 3.63) is 154 Å². The van der Waals surface area contributed by atoms with Crippen LogP contribution >= 0.6 is 0 Å². The maximum atomic E-state index is 14.3. The SMILES string of the molecule is COc1ccc(-c2nc3c(C(=O)N4CCN([C@@H](CO)c5cccc(OC(F)(F)F)c5)C[C@H]4C)cnn3c(C(F)(F)F)c2C)cc1.COc1ccc(-c2nc3c(C(=O)N4CCN([C@H](CO)c5cccc(OC(F)(F)F)c5)C[C@H]4C)cnn3c(C(F)(F)F)c2C)cc1. The highest BCUT2D eigenvalue weighted by Gasteiger charge is 2.43. The molecule has 8 aromatic rings. The number of ether oxygens (including phenoxy) is 4. The number of hydrogen-bond acceptors (Lipinski definition) is 14. The Morgan fingerprint density at radius 3 is 1.19 bits per heavy atom. The second-order valence-electron chi connectivity index (χ2n) is 21.2. The molecular formula is C60H58F12N10O8. The van der Waals surface area contributed by atoms with Crippen LogP contribution in [0.25, 0.3) is 33.8 Å². The third-order valence-corrected chi connectivity index (χ3v) is 15.5. The summed E-state index contributed by atoms with van der Waals surface area (Å²) >= 11 is 0. The van der Waals surface area contributed by atoms with Crippen LogP contribution in [0, 0.1) is 13.8 Å². The molecule has 2 aliphatic heterocycles. The number of hydrogen-bond donors (Lipinski definition) is 2. The van der Waals surface area contributed by atoms with Crippen molar-refractivity contribution in [2.75, 3.05) is 66.7 Å². The van der Waals surface area contributed by atoms with Gasteiger partial charge in [0.1, 0.15) is 34.1 Å². The maximum absolute atomic E-state index is 14.3. The van der Waals surface area contributed by atoms with Crippen molar-refractivity contribution in [3.63, 3.8) is 0 Å². The average Bonchev–Trinajstić information content (AvgIpc) is 1.51. The molecule has 0 bridgehead atoms. The minimum atomic E-state index is -4.88. The van der Waals surface area contributed by atoms with E-state index in [9.17, 15) is 72.5 Å². The molecule has 18 nitrogen and oxygen atoms in total. The normalized spacial score (nSPS) is 17.0. The van der Waals surface area contributed by atoms with Crippen molar-refractivity contribution >= 4 is 23.1 Å². The van der Waals surface area contributed by atoms with Crippen LogP contribution in [0.4, 0.5) is 52.7 Å². The van der Waals surface area contributed by atoms with Crippen molar-refractivity contribution in [3.8, 4) is 45.5 Å². The number of carbonyl (C=O) groups excluding carboxylic acids is 2. The standard InChI is InChI=1S/2C30H29F6N5O4/c2*1-17-15-39(24(16-42)20-5-4-6-22(13-20)45-30(34,35)36)11-12-40(17)28(43)23-14-37-41-26(29(31,32)33)18(2)25(38-27(23)41)19-7-9-21(44-3)10-8-19/h2*4-10,13-14,17,24,42H,11-12,15-16H2,1-3H3/t17-,24+;17-,24-/m11/s1. The molecule has 10 rings (SSSR count). The van der Waals surface area contributed by atoms with Crippen molar-refractivity contribution in [2.45, 2.75) is 76.9 Å². The van der Waals surface area contributed by atoms with Crippen LogP contribution in [0.5, 0.6) is 23.0 Å². The lowest BCUT2D eigenvalue weighted by Gasteiger charge is -2.43. The van der Waals surface area contributed by atoms with Crippen LogP contribution in [0.15, 0.2) is 109 Å². The molecule has 30 heteroatoms. The Morgan fingerprint density at radius 1 is 0.533 bits per heavy atom. The van der Waals surface area contributed by atoms with E-state index in [-0.39, 0.29) is 84.2 Å². The molecule has 2 saturated heterocycles. The number of benzene rings is 4. The van der Waals surface area contributed by atoms with Crippen LogP contribution in [0.1, 0.15) is 80.3 Å². The van der Waals surface area contributed by atoms with Gasteiger partial charge in [0.25, 0.3) is 11.8 Å². The Kier molecular flexibility index (Phi) is 19.0. The number of aliphatic hydroxyl groups is 2. The van der Waals surface area contributed by atoms with Crippen molar-refractivity contribution in [1.82, 2.24) is 48.8 Å². The fraction of sp³-hybridized carbons (Fsp3) is 0.367. The van der Waals surface area contributed by atoms with E-state index in [1.54, 1.807) is 74.5 Å². The van der Waals surface area contributed by atoms with Gasteiger partial charge in [0.05, 0.1) is 63.3 Å². The molecule has 2 amide bonds. The third kappa shape index (κ3) is 14.1. The Morgan fingerprint density at radius 2 is 0.889 bits per heavy atom. The fourth-order valence-electron chi connectivity index (χ4n) is 11.3. The average molecular weight is 1280 g/mol. The maximum Gasteiger partial charge on any atom is 0.573 e. The first-order chi connectivity index (χ1) is 42.4. The number of aliphatic hydroxyl groups excluding tert-OH is 2. The molecule has 480 valence electrons. The lowest BCUT2D eigenvalue weighted by molar-refractivity contribution is -0.275. The summed E-state index contributed by atoms with van der Waals surface area (Å²) in [6.07, 6.45) is -17.2. The third-order valence-electron chi connectivity index (χ3n) is 15.5.